The van der Waals surface area contributed by atoms with Crippen LogP contribution in [-0.4, -0.2) is 5.78 Å². The number of rotatable bonds is 0. The normalized spacial score (nSPS) is 21.6. The van der Waals surface area contributed by atoms with Crippen molar-refractivity contribution in [3.8, 4) is 0 Å². The number of carbonyl (C=O) groups excluding carboxylic acids is 1. The molecule has 6 aliphatic carbocycles. The summed E-state index contributed by atoms with van der Waals surface area (Å²) in [5.41, 5.74) is 21.2. The Morgan fingerprint density at radius 2 is 1.10 bits per heavy atom. The number of carbonyl (C=O) groups is 1. The van der Waals surface area contributed by atoms with Gasteiger partial charge in [0, 0.05) is 17.6 Å². The summed E-state index contributed by atoms with van der Waals surface area (Å²) in [5.74, 6) is 0.390. The molecule has 6 aliphatic rings. The van der Waals surface area contributed by atoms with Crippen molar-refractivity contribution in [2.45, 2.75) is 83.5 Å². The summed E-state index contributed by atoms with van der Waals surface area (Å²) in [5, 5.41) is 0. The number of allylic oxidation sites excluding steroid dienone is 3. The quantitative estimate of drug-likeness (QED) is 0.526. The van der Waals surface area contributed by atoms with Crippen molar-refractivity contribution in [3.63, 3.8) is 0 Å². The third-order valence-corrected chi connectivity index (χ3v) is 9.40. The lowest BCUT2D eigenvalue weighted by molar-refractivity contribution is 0.103. The van der Waals surface area contributed by atoms with E-state index in [-0.39, 0.29) is 0 Å². The van der Waals surface area contributed by atoms with Crippen molar-refractivity contribution in [3.05, 3.63) is 84.0 Å². The van der Waals surface area contributed by atoms with Gasteiger partial charge in [-0.3, -0.25) is 4.79 Å². The molecule has 0 aromatic heterocycles. The fraction of sp³-hybridized carbons (Fsp3) is 0.433. The standard InChI is InChI=1S/C30H28O/c31-30-25(15-28-23-11-3-7-19(23)20-8-4-12-24(20)29(28)30)16-13-26-21-9-1-5-17(21)18-6-2-10-22(18)27(26)14-16/h4,8H,1-3,5-7,9-15H2. The molecule has 0 saturated heterocycles. The van der Waals surface area contributed by atoms with Gasteiger partial charge in [0.15, 0.2) is 5.78 Å². The molecule has 0 N–H and O–H groups in total. The summed E-state index contributed by atoms with van der Waals surface area (Å²) in [6.45, 7) is 0. The van der Waals surface area contributed by atoms with Crippen LogP contribution in [-0.2, 0) is 64.2 Å². The molecule has 0 atom stereocenters. The maximum Gasteiger partial charge on any atom is 0.189 e. The van der Waals surface area contributed by atoms with Crippen LogP contribution in [0.2, 0.25) is 0 Å². The van der Waals surface area contributed by atoms with E-state index in [1.165, 1.54) is 85.6 Å². The van der Waals surface area contributed by atoms with Crippen molar-refractivity contribution in [2.75, 3.05) is 0 Å². The van der Waals surface area contributed by atoms with Gasteiger partial charge >= 0.3 is 0 Å². The first-order valence-corrected chi connectivity index (χ1v) is 12.6. The van der Waals surface area contributed by atoms with Gasteiger partial charge in [0.05, 0.1) is 0 Å². The largest absolute Gasteiger partial charge is 0.289 e. The molecule has 0 unspecified atom stereocenters. The Labute approximate surface area is 184 Å². The van der Waals surface area contributed by atoms with E-state index < -0.39 is 0 Å². The van der Waals surface area contributed by atoms with Gasteiger partial charge in [-0.2, -0.15) is 0 Å². The summed E-state index contributed by atoms with van der Waals surface area (Å²) in [6, 6.07) is 0. The number of fused-ring (bicyclic) bond motifs is 12. The van der Waals surface area contributed by atoms with E-state index in [4.69, 9.17) is 0 Å². The zero-order chi connectivity index (χ0) is 20.3. The van der Waals surface area contributed by atoms with Gasteiger partial charge in [-0.25, -0.2) is 0 Å². The van der Waals surface area contributed by atoms with Gasteiger partial charge in [0.1, 0.15) is 0 Å². The number of ketones is 1. The van der Waals surface area contributed by atoms with E-state index in [1.54, 1.807) is 44.5 Å². The number of benzene rings is 2. The van der Waals surface area contributed by atoms with Gasteiger partial charge in [0.25, 0.3) is 0 Å². The van der Waals surface area contributed by atoms with E-state index in [0.717, 1.165) is 31.2 Å². The van der Waals surface area contributed by atoms with Crippen molar-refractivity contribution >= 4 is 11.9 Å². The minimum atomic E-state index is 0.390. The summed E-state index contributed by atoms with van der Waals surface area (Å²) in [7, 11) is 0. The van der Waals surface area contributed by atoms with Crippen molar-refractivity contribution in [2.24, 2.45) is 0 Å². The highest BCUT2D eigenvalue weighted by Crippen LogP contribution is 2.47. The fourth-order valence-corrected chi connectivity index (χ4v) is 8.21. The third kappa shape index (κ3) is 2.06. The van der Waals surface area contributed by atoms with Crippen molar-refractivity contribution < 1.29 is 4.79 Å². The summed E-state index contributed by atoms with van der Waals surface area (Å²) >= 11 is 0. The average Bonchev–Trinajstić information content (AvgIpc) is 3.59. The van der Waals surface area contributed by atoms with Gasteiger partial charge in [-0.05, 0) is 138 Å². The average molecular weight is 405 g/mol. The Balaban J connectivity index is 1.29. The predicted octanol–water partition coefficient (Wildman–Crippen LogP) is 5.56. The SMILES string of the molecule is O=C1C(=C2Cc3c4c(c5c(c3C2)CCC5)CCC4)Cc2c3c(c4c(c21)CC=C4)CCC3. The van der Waals surface area contributed by atoms with Crippen LogP contribution in [0.5, 0.6) is 0 Å². The van der Waals surface area contributed by atoms with Crippen molar-refractivity contribution in [1.29, 1.82) is 0 Å². The highest BCUT2D eigenvalue weighted by Gasteiger charge is 2.39. The van der Waals surface area contributed by atoms with Gasteiger partial charge in [-0.15, -0.1) is 0 Å². The minimum absolute atomic E-state index is 0.390. The second-order valence-corrected chi connectivity index (χ2v) is 10.7. The maximum atomic E-state index is 13.9. The molecule has 0 saturated carbocycles. The zero-order valence-electron chi connectivity index (χ0n) is 18.3. The molecular weight excluding hydrogens is 376 g/mol. The molecule has 0 fully saturated rings. The molecule has 0 bridgehead atoms. The number of Topliss-reactive ketones (excluding diaryl/α,β-unsaturated/α-hetero) is 1. The Kier molecular flexibility index (Phi) is 3.26. The van der Waals surface area contributed by atoms with Gasteiger partial charge in [0.2, 0.25) is 0 Å². The molecule has 0 radical (unpaired) electrons. The minimum Gasteiger partial charge on any atom is -0.289 e. The number of hydrogen-bond donors (Lipinski definition) is 0. The van der Waals surface area contributed by atoms with Crippen LogP contribution in [0.3, 0.4) is 0 Å². The van der Waals surface area contributed by atoms with Crippen molar-refractivity contribution in [1.82, 2.24) is 0 Å². The molecular formula is C30H28O. The second-order valence-electron chi connectivity index (χ2n) is 10.7. The second kappa shape index (κ2) is 5.88. The van der Waals surface area contributed by atoms with E-state index in [0.29, 0.717) is 5.78 Å². The third-order valence-electron chi connectivity index (χ3n) is 9.40. The van der Waals surface area contributed by atoms with E-state index in [2.05, 4.69) is 12.2 Å². The first kappa shape index (κ1) is 17.2. The Hall–Kier alpha value is -2.41. The molecule has 1 heteroatoms. The fourth-order valence-electron chi connectivity index (χ4n) is 8.21. The molecule has 0 heterocycles. The summed E-state index contributed by atoms with van der Waals surface area (Å²) < 4.78 is 0. The van der Waals surface area contributed by atoms with Crippen LogP contribution in [0.4, 0.5) is 0 Å². The molecule has 0 spiro atoms. The molecule has 2 aromatic carbocycles. The van der Waals surface area contributed by atoms with Crippen LogP contribution in [0, 0.1) is 0 Å². The molecule has 1 nitrogen and oxygen atoms in total. The van der Waals surface area contributed by atoms with E-state index in [1.807, 2.05) is 0 Å². The molecule has 154 valence electrons. The van der Waals surface area contributed by atoms with Crippen LogP contribution < -0.4 is 0 Å². The monoisotopic (exact) mass is 404 g/mol. The van der Waals surface area contributed by atoms with Gasteiger partial charge in [-0.1, -0.05) is 17.7 Å². The molecule has 2 aromatic rings. The molecule has 0 aliphatic heterocycles. The van der Waals surface area contributed by atoms with Crippen LogP contribution in [0.25, 0.3) is 6.08 Å². The number of hydrogen-bond acceptors (Lipinski definition) is 1. The lowest BCUT2D eigenvalue weighted by atomic mass is 9.90. The lowest BCUT2D eigenvalue weighted by Crippen LogP contribution is -2.05. The lowest BCUT2D eigenvalue weighted by Gasteiger charge is -2.14. The zero-order valence-corrected chi connectivity index (χ0v) is 18.3. The van der Waals surface area contributed by atoms with E-state index >= 15 is 0 Å². The topological polar surface area (TPSA) is 17.1 Å². The van der Waals surface area contributed by atoms with E-state index in [9.17, 15) is 4.79 Å². The Bertz CT molecular complexity index is 1270. The Morgan fingerprint density at radius 3 is 1.74 bits per heavy atom. The van der Waals surface area contributed by atoms with Crippen LogP contribution in [0.1, 0.15) is 90.8 Å². The first-order chi connectivity index (χ1) is 15.3. The Morgan fingerprint density at radius 1 is 0.548 bits per heavy atom. The first-order valence-electron chi connectivity index (χ1n) is 12.6. The summed E-state index contributed by atoms with van der Waals surface area (Å²) in [6.07, 6.45) is 20.0. The maximum absolute atomic E-state index is 13.9. The summed E-state index contributed by atoms with van der Waals surface area (Å²) in [4.78, 5) is 13.9. The highest BCUT2D eigenvalue weighted by atomic mass is 16.1. The van der Waals surface area contributed by atoms with Gasteiger partial charge < -0.3 is 0 Å². The predicted molar refractivity (Wildman–Crippen MR) is 124 cm³/mol. The molecule has 31 heavy (non-hydrogen) atoms. The molecule has 0 amide bonds. The van der Waals surface area contributed by atoms with Crippen LogP contribution in [0.15, 0.2) is 17.2 Å². The smallest absolute Gasteiger partial charge is 0.189 e. The highest BCUT2D eigenvalue weighted by molar-refractivity contribution is 6.16. The van der Waals surface area contributed by atoms with Crippen LogP contribution >= 0.6 is 0 Å². The molecule has 8 rings (SSSR count).